The van der Waals surface area contributed by atoms with E-state index < -0.39 is 0 Å². The van der Waals surface area contributed by atoms with Crippen LogP contribution in [-0.4, -0.2) is 11.9 Å². The lowest BCUT2D eigenvalue weighted by Gasteiger charge is -2.16. The van der Waals surface area contributed by atoms with Gasteiger partial charge in [-0.2, -0.15) is 0 Å². The van der Waals surface area contributed by atoms with Crippen LogP contribution in [0.1, 0.15) is 24.8 Å². The number of halogens is 2. The Bertz CT molecular complexity index is 439. The third-order valence-corrected chi connectivity index (χ3v) is 4.02. The second-order valence-electron chi connectivity index (χ2n) is 4.65. The van der Waals surface area contributed by atoms with E-state index >= 15 is 0 Å². The number of rotatable bonds is 2. The zero-order chi connectivity index (χ0) is 12.4. The lowest BCUT2D eigenvalue weighted by Crippen LogP contribution is -2.34. The second kappa shape index (κ2) is 6.73. The maximum absolute atomic E-state index is 12.1. The summed E-state index contributed by atoms with van der Waals surface area (Å²) >= 11 is 2.26. The summed E-state index contributed by atoms with van der Waals surface area (Å²) < 4.78 is 1.18. The molecular weight excluding hydrogens is 363 g/mol. The molecule has 3 nitrogen and oxygen atoms in total. The minimum atomic E-state index is -0.0197. The van der Waals surface area contributed by atoms with E-state index in [-0.39, 0.29) is 30.3 Å². The molecule has 0 aromatic heterocycles. The van der Waals surface area contributed by atoms with Gasteiger partial charge in [0.25, 0.3) is 0 Å². The van der Waals surface area contributed by atoms with E-state index in [9.17, 15) is 4.79 Å². The van der Waals surface area contributed by atoms with Crippen LogP contribution in [0, 0.1) is 16.4 Å². The molecule has 1 aromatic rings. The molecule has 3 N–H and O–H groups in total. The molecule has 1 saturated carbocycles. The van der Waals surface area contributed by atoms with Crippen molar-refractivity contribution in [2.45, 2.75) is 32.2 Å². The van der Waals surface area contributed by atoms with E-state index in [0.717, 1.165) is 30.5 Å². The molecule has 1 fully saturated rings. The van der Waals surface area contributed by atoms with Crippen LogP contribution >= 0.6 is 35.0 Å². The first-order valence-electron chi connectivity index (χ1n) is 5.90. The average Bonchev–Trinajstić information content (AvgIpc) is 2.68. The number of carbonyl (C=O) groups is 1. The van der Waals surface area contributed by atoms with E-state index in [2.05, 4.69) is 34.0 Å². The molecule has 1 aliphatic rings. The van der Waals surface area contributed by atoms with Gasteiger partial charge < -0.3 is 11.1 Å². The predicted octanol–water partition coefficient (Wildman–Crippen LogP) is 3.09. The highest BCUT2D eigenvalue weighted by Gasteiger charge is 2.30. The molecule has 2 unspecified atom stereocenters. The van der Waals surface area contributed by atoms with E-state index in [1.165, 1.54) is 3.57 Å². The van der Waals surface area contributed by atoms with Gasteiger partial charge in [-0.3, -0.25) is 4.79 Å². The van der Waals surface area contributed by atoms with Crippen LogP contribution < -0.4 is 11.1 Å². The SMILES string of the molecule is Cc1cc(I)ccc1NC(=O)C1CCCC1N.Cl. The van der Waals surface area contributed by atoms with Gasteiger partial charge in [-0.25, -0.2) is 0 Å². The molecule has 2 atom stereocenters. The number of hydrogen-bond acceptors (Lipinski definition) is 2. The molecular formula is C13H18ClIN2O. The van der Waals surface area contributed by atoms with Crippen molar-refractivity contribution in [1.29, 1.82) is 0 Å². The summed E-state index contributed by atoms with van der Waals surface area (Å²) in [5.41, 5.74) is 7.93. The van der Waals surface area contributed by atoms with Crippen LogP contribution in [-0.2, 0) is 4.79 Å². The van der Waals surface area contributed by atoms with E-state index in [4.69, 9.17) is 5.73 Å². The highest BCUT2D eigenvalue weighted by atomic mass is 127. The van der Waals surface area contributed by atoms with E-state index in [0.29, 0.717) is 0 Å². The largest absolute Gasteiger partial charge is 0.327 e. The first-order chi connectivity index (χ1) is 8.08. The summed E-state index contributed by atoms with van der Waals surface area (Å²) in [5, 5.41) is 2.99. The predicted molar refractivity (Wildman–Crippen MR) is 85.1 cm³/mol. The van der Waals surface area contributed by atoms with Gasteiger partial charge in [-0.15, -0.1) is 12.4 Å². The van der Waals surface area contributed by atoms with Crippen molar-refractivity contribution in [3.8, 4) is 0 Å². The van der Waals surface area contributed by atoms with Crippen LogP contribution in [0.4, 0.5) is 5.69 Å². The van der Waals surface area contributed by atoms with Crippen molar-refractivity contribution < 1.29 is 4.79 Å². The number of amides is 1. The normalized spacial score (nSPS) is 22.4. The van der Waals surface area contributed by atoms with Gasteiger partial charge in [0.1, 0.15) is 0 Å². The van der Waals surface area contributed by atoms with Crippen molar-refractivity contribution in [3.05, 3.63) is 27.3 Å². The summed E-state index contributed by atoms with van der Waals surface area (Å²) in [6.45, 7) is 2.01. The fraction of sp³-hybridized carbons (Fsp3) is 0.462. The van der Waals surface area contributed by atoms with Crippen molar-refractivity contribution in [3.63, 3.8) is 0 Å². The Balaban J connectivity index is 0.00000162. The Morgan fingerprint density at radius 2 is 2.17 bits per heavy atom. The highest BCUT2D eigenvalue weighted by Crippen LogP contribution is 2.26. The van der Waals surface area contributed by atoms with E-state index in [1.807, 2.05) is 19.1 Å². The fourth-order valence-corrected chi connectivity index (χ4v) is 2.95. The smallest absolute Gasteiger partial charge is 0.229 e. The van der Waals surface area contributed by atoms with Crippen LogP contribution in [0.2, 0.25) is 0 Å². The maximum atomic E-state index is 12.1. The molecule has 5 heteroatoms. The zero-order valence-electron chi connectivity index (χ0n) is 10.3. The summed E-state index contributed by atoms with van der Waals surface area (Å²) in [6, 6.07) is 6.04. The number of anilines is 1. The minimum Gasteiger partial charge on any atom is -0.327 e. The molecule has 100 valence electrons. The lowest BCUT2D eigenvalue weighted by atomic mass is 10.0. The molecule has 1 amide bonds. The van der Waals surface area contributed by atoms with E-state index in [1.54, 1.807) is 0 Å². The average molecular weight is 381 g/mol. The van der Waals surface area contributed by atoms with Gasteiger partial charge in [-0.1, -0.05) is 6.42 Å². The number of benzene rings is 1. The molecule has 1 aromatic carbocycles. The molecule has 18 heavy (non-hydrogen) atoms. The van der Waals surface area contributed by atoms with Crippen molar-refractivity contribution in [2.24, 2.45) is 11.7 Å². The van der Waals surface area contributed by atoms with Gasteiger partial charge >= 0.3 is 0 Å². The number of carbonyl (C=O) groups excluding carboxylic acids is 1. The molecule has 1 aliphatic carbocycles. The topological polar surface area (TPSA) is 55.1 Å². The summed E-state index contributed by atoms with van der Waals surface area (Å²) in [6.07, 6.45) is 2.94. The number of aryl methyl sites for hydroxylation is 1. The Morgan fingerprint density at radius 3 is 2.72 bits per heavy atom. The van der Waals surface area contributed by atoms with Crippen LogP contribution in [0.5, 0.6) is 0 Å². The summed E-state index contributed by atoms with van der Waals surface area (Å²) in [7, 11) is 0. The maximum Gasteiger partial charge on any atom is 0.229 e. The van der Waals surface area contributed by atoms with Gasteiger partial charge in [0.15, 0.2) is 0 Å². The zero-order valence-corrected chi connectivity index (χ0v) is 13.3. The van der Waals surface area contributed by atoms with Gasteiger partial charge in [-0.05, 0) is 66.1 Å². The number of nitrogens with two attached hydrogens (primary N) is 1. The Morgan fingerprint density at radius 1 is 1.44 bits per heavy atom. The standard InChI is InChI=1S/C13H17IN2O.ClH/c1-8-7-9(14)5-6-12(8)16-13(17)10-3-2-4-11(10)15;/h5-7,10-11H,2-4,15H2,1H3,(H,16,17);1H. The van der Waals surface area contributed by atoms with Crippen LogP contribution in [0.25, 0.3) is 0 Å². The molecule has 0 radical (unpaired) electrons. The van der Waals surface area contributed by atoms with Crippen molar-refractivity contribution in [1.82, 2.24) is 0 Å². The van der Waals surface area contributed by atoms with Crippen LogP contribution in [0.15, 0.2) is 18.2 Å². The fourth-order valence-electron chi connectivity index (χ4n) is 2.31. The first kappa shape index (κ1) is 15.7. The molecule has 0 aliphatic heterocycles. The summed E-state index contributed by atoms with van der Waals surface area (Å²) in [4.78, 5) is 12.1. The quantitative estimate of drug-likeness (QED) is 0.775. The lowest BCUT2D eigenvalue weighted by molar-refractivity contribution is -0.120. The molecule has 2 rings (SSSR count). The molecule has 0 heterocycles. The molecule has 0 saturated heterocycles. The van der Waals surface area contributed by atoms with Gasteiger partial charge in [0, 0.05) is 15.3 Å². The Labute approximate surface area is 127 Å². The molecule has 0 spiro atoms. The van der Waals surface area contributed by atoms with Crippen molar-refractivity contribution in [2.75, 3.05) is 5.32 Å². The third kappa shape index (κ3) is 3.59. The second-order valence-corrected chi connectivity index (χ2v) is 5.90. The monoisotopic (exact) mass is 380 g/mol. The highest BCUT2D eigenvalue weighted by molar-refractivity contribution is 14.1. The molecule has 0 bridgehead atoms. The van der Waals surface area contributed by atoms with Crippen LogP contribution in [0.3, 0.4) is 0 Å². The third-order valence-electron chi connectivity index (χ3n) is 3.35. The Hall–Kier alpha value is -0.330. The van der Waals surface area contributed by atoms with Gasteiger partial charge in [0.05, 0.1) is 5.92 Å². The van der Waals surface area contributed by atoms with Gasteiger partial charge in [0.2, 0.25) is 5.91 Å². The van der Waals surface area contributed by atoms with Crippen molar-refractivity contribution >= 4 is 46.6 Å². The number of hydrogen-bond donors (Lipinski definition) is 2. The minimum absolute atomic E-state index is 0. The number of nitrogens with one attached hydrogen (secondary N) is 1. The Kier molecular flexibility index (Phi) is 5.88. The first-order valence-corrected chi connectivity index (χ1v) is 6.98. The summed E-state index contributed by atoms with van der Waals surface area (Å²) in [5.74, 6) is 0.0491.